The van der Waals surface area contributed by atoms with E-state index in [4.69, 9.17) is 16.3 Å². The molecule has 0 aliphatic rings. The van der Waals surface area contributed by atoms with Gasteiger partial charge >= 0.3 is 0 Å². The lowest BCUT2D eigenvalue weighted by molar-refractivity contribution is 0.199. The van der Waals surface area contributed by atoms with E-state index in [0.29, 0.717) is 17.3 Å². The Kier molecular flexibility index (Phi) is 11.1. The number of para-hydroxylation sites is 1. The van der Waals surface area contributed by atoms with Crippen LogP contribution in [0.25, 0.3) is 0 Å². The summed E-state index contributed by atoms with van der Waals surface area (Å²) in [7, 11) is 1.75. The second-order valence-corrected chi connectivity index (χ2v) is 6.16. The van der Waals surface area contributed by atoms with Crippen LogP contribution < -0.4 is 15.4 Å². The van der Waals surface area contributed by atoms with Gasteiger partial charge < -0.3 is 19.9 Å². The van der Waals surface area contributed by atoms with Crippen molar-refractivity contribution in [1.82, 2.24) is 25.4 Å². The summed E-state index contributed by atoms with van der Waals surface area (Å²) in [5.41, 5.74) is 0. The molecule has 0 bridgehead atoms. The monoisotopic (exact) mass is 506 g/mol. The number of aromatic nitrogens is 3. The van der Waals surface area contributed by atoms with Gasteiger partial charge in [-0.05, 0) is 18.6 Å². The molecule has 150 valence electrons. The Morgan fingerprint density at radius 2 is 2.07 bits per heavy atom. The first-order valence-electron chi connectivity index (χ1n) is 8.90. The number of guanidine groups is 1. The average Bonchev–Trinajstić information content (AvgIpc) is 3.12. The van der Waals surface area contributed by atoms with Crippen LogP contribution in [0.1, 0.15) is 26.1 Å². The largest absolute Gasteiger partial charge is 0.487 e. The third-order valence-corrected chi connectivity index (χ3v) is 4.28. The van der Waals surface area contributed by atoms with E-state index in [0.717, 1.165) is 37.7 Å². The molecular weight excluding hydrogens is 479 g/mol. The highest BCUT2D eigenvalue weighted by Crippen LogP contribution is 2.24. The van der Waals surface area contributed by atoms with Gasteiger partial charge in [0.15, 0.2) is 5.96 Å². The first-order chi connectivity index (χ1) is 12.7. The Balaban J connectivity index is 0.00000364. The Bertz CT molecular complexity index is 709. The van der Waals surface area contributed by atoms with Crippen molar-refractivity contribution in [3.8, 4) is 5.75 Å². The topological polar surface area (TPSA) is 76.4 Å². The third kappa shape index (κ3) is 7.53. The maximum absolute atomic E-state index is 6.16. The number of nitrogens with one attached hydrogen (secondary N) is 2. The minimum absolute atomic E-state index is 0. The summed E-state index contributed by atoms with van der Waals surface area (Å²) in [6.07, 6.45) is 3.47. The van der Waals surface area contributed by atoms with Crippen molar-refractivity contribution >= 4 is 41.5 Å². The zero-order valence-electron chi connectivity index (χ0n) is 16.0. The summed E-state index contributed by atoms with van der Waals surface area (Å²) in [5.74, 6) is 2.41. The lowest BCUT2D eigenvalue weighted by atomic mass is 10.2. The number of hydrogen-bond acceptors (Lipinski definition) is 4. The molecule has 1 heterocycles. The van der Waals surface area contributed by atoms with Crippen molar-refractivity contribution in [2.45, 2.75) is 39.3 Å². The van der Waals surface area contributed by atoms with E-state index in [1.54, 1.807) is 13.4 Å². The normalized spacial score (nSPS) is 12.2. The van der Waals surface area contributed by atoms with E-state index in [9.17, 15) is 0 Å². The summed E-state index contributed by atoms with van der Waals surface area (Å²) in [6, 6.07) is 7.51. The zero-order chi connectivity index (χ0) is 18.8. The maximum atomic E-state index is 6.16. The van der Waals surface area contributed by atoms with Gasteiger partial charge in [0, 0.05) is 26.6 Å². The second kappa shape index (κ2) is 12.8. The molecule has 0 saturated carbocycles. The molecule has 2 rings (SSSR count). The van der Waals surface area contributed by atoms with Gasteiger partial charge in [-0.25, -0.2) is 0 Å². The van der Waals surface area contributed by atoms with Gasteiger partial charge in [-0.15, -0.1) is 34.2 Å². The van der Waals surface area contributed by atoms with Gasteiger partial charge in [0.25, 0.3) is 0 Å². The summed E-state index contributed by atoms with van der Waals surface area (Å²) < 4.78 is 8.02. The number of nitrogens with zero attached hydrogens (tertiary/aromatic N) is 4. The van der Waals surface area contributed by atoms with E-state index in [2.05, 4.69) is 39.7 Å². The van der Waals surface area contributed by atoms with Gasteiger partial charge in [0.2, 0.25) is 0 Å². The Morgan fingerprint density at radius 1 is 1.30 bits per heavy atom. The number of benzene rings is 1. The lowest BCUT2D eigenvalue weighted by Gasteiger charge is -2.20. The molecule has 7 nitrogen and oxygen atoms in total. The molecule has 0 saturated heterocycles. The highest BCUT2D eigenvalue weighted by Gasteiger charge is 2.11. The van der Waals surface area contributed by atoms with Crippen molar-refractivity contribution in [3.05, 3.63) is 41.4 Å². The molecule has 0 spiro atoms. The van der Waals surface area contributed by atoms with Crippen molar-refractivity contribution in [2.75, 3.05) is 20.1 Å². The molecule has 2 aromatic rings. The quantitative estimate of drug-likeness (QED) is 0.310. The summed E-state index contributed by atoms with van der Waals surface area (Å²) in [5, 5.41) is 15.2. The van der Waals surface area contributed by atoms with Gasteiger partial charge in [0.05, 0.1) is 11.6 Å². The molecule has 1 aromatic carbocycles. The highest BCUT2D eigenvalue weighted by atomic mass is 127. The van der Waals surface area contributed by atoms with Crippen LogP contribution in [-0.2, 0) is 13.0 Å². The summed E-state index contributed by atoms with van der Waals surface area (Å²) in [6.45, 7) is 6.29. The Labute approximate surface area is 183 Å². The maximum Gasteiger partial charge on any atom is 0.191 e. The van der Waals surface area contributed by atoms with E-state index in [1.807, 2.05) is 28.8 Å². The summed E-state index contributed by atoms with van der Waals surface area (Å²) in [4.78, 5) is 4.25. The van der Waals surface area contributed by atoms with E-state index in [-0.39, 0.29) is 30.1 Å². The van der Waals surface area contributed by atoms with Crippen molar-refractivity contribution in [2.24, 2.45) is 4.99 Å². The van der Waals surface area contributed by atoms with Crippen LogP contribution in [0.5, 0.6) is 5.75 Å². The van der Waals surface area contributed by atoms with Crippen LogP contribution >= 0.6 is 35.6 Å². The van der Waals surface area contributed by atoms with E-state index < -0.39 is 0 Å². The smallest absolute Gasteiger partial charge is 0.191 e. The predicted octanol–water partition coefficient (Wildman–Crippen LogP) is 3.13. The third-order valence-electron chi connectivity index (χ3n) is 3.96. The second-order valence-electron chi connectivity index (χ2n) is 5.75. The van der Waals surface area contributed by atoms with E-state index >= 15 is 0 Å². The minimum Gasteiger partial charge on any atom is -0.487 e. The molecule has 27 heavy (non-hydrogen) atoms. The number of aliphatic imine (C=N–C) groups is 1. The van der Waals surface area contributed by atoms with Gasteiger partial charge in [-0.2, -0.15) is 0 Å². The molecular formula is C18H28ClIN6O. The molecule has 0 aliphatic carbocycles. The van der Waals surface area contributed by atoms with Gasteiger partial charge in [-0.3, -0.25) is 4.99 Å². The number of aryl methyl sites for hydroxylation is 1. The standard InChI is InChI=1S/C18H27ClN6O.HI/c1-4-14(26-16-9-7-6-8-15(16)19)12-22-18(20-3)21-10-11-25-13-23-24-17(25)5-2;/h6-9,13-14H,4-5,10-12H2,1-3H3,(H2,20,21,22);1H. The van der Waals surface area contributed by atoms with Crippen LogP contribution in [0.4, 0.5) is 0 Å². The fourth-order valence-corrected chi connectivity index (χ4v) is 2.63. The zero-order valence-corrected chi connectivity index (χ0v) is 19.1. The minimum atomic E-state index is -0.00186. The molecule has 2 N–H and O–H groups in total. The molecule has 0 radical (unpaired) electrons. The number of rotatable bonds is 9. The number of hydrogen-bond donors (Lipinski definition) is 2. The van der Waals surface area contributed by atoms with Crippen LogP contribution in [0.15, 0.2) is 35.6 Å². The van der Waals surface area contributed by atoms with Crippen LogP contribution in [0, 0.1) is 0 Å². The Hall–Kier alpha value is -1.55. The molecule has 0 fully saturated rings. The molecule has 1 unspecified atom stereocenters. The van der Waals surface area contributed by atoms with Crippen LogP contribution in [0.2, 0.25) is 5.02 Å². The summed E-state index contributed by atoms with van der Waals surface area (Å²) >= 11 is 6.16. The number of ether oxygens (including phenoxy) is 1. The van der Waals surface area contributed by atoms with Crippen molar-refractivity contribution < 1.29 is 4.74 Å². The first kappa shape index (κ1) is 23.5. The average molecular weight is 507 g/mol. The fraction of sp³-hybridized carbons (Fsp3) is 0.500. The van der Waals surface area contributed by atoms with Crippen molar-refractivity contribution in [3.63, 3.8) is 0 Å². The van der Waals surface area contributed by atoms with Crippen LogP contribution in [-0.4, -0.2) is 47.0 Å². The predicted molar refractivity (Wildman–Crippen MR) is 120 cm³/mol. The highest BCUT2D eigenvalue weighted by molar-refractivity contribution is 14.0. The van der Waals surface area contributed by atoms with Crippen LogP contribution in [0.3, 0.4) is 0 Å². The molecule has 0 amide bonds. The molecule has 9 heteroatoms. The van der Waals surface area contributed by atoms with Crippen molar-refractivity contribution in [1.29, 1.82) is 0 Å². The molecule has 0 aliphatic heterocycles. The first-order valence-corrected chi connectivity index (χ1v) is 9.28. The molecule has 1 atom stereocenters. The van der Waals surface area contributed by atoms with Gasteiger partial charge in [-0.1, -0.05) is 37.6 Å². The molecule has 1 aromatic heterocycles. The Morgan fingerprint density at radius 3 is 2.74 bits per heavy atom. The number of halogens is 2. The van der Waals surface area contributed by atoms with Gasteiger partial charge in [0.1, 0.15) is 24.0 Å². The lowest BCUT2D eigenvalue weighted by Crippen LogP contribution is -2.43. The van der Waals surface area contributed by atoms with E-state index in [1.165, 1.54) is 0 Å². The fourth-order valence-electron chi connectivity index (χ4n) is 2.45. The SMILES string of the molecule is CCc1nncn1CCNC(=NC)NCC(CC)Oc1ccccc1Cl.I.